The van der Waals surface area contributed by atoms with Gasteiger partial charge in [0.1, 0.15) is 11.6 Å². The van der Waals surface area contributed by atoms with Crippen molar-refractivity contribution in [3.05, 3.63) is 64.9 Å². The van der Waals surface area contributed by atoms with Crippen LogP contribution in [-0.2, 0) is 16.1 Å². The largest absolute Gasteiger partial charge is 0.484 e. The number of thioether (sulfide) groups is 1. The number of nitrogens with zero attached hydrogens (tertiary/aromatic N) is 2. The summed E-state index contributed by atoms with van der Waals surface area (Å²) in [5, 5.41) is 14.0. The van der Waals surface area contributed by atoms with Crippen LogP contribution in [0.3, 0.4) is 0 Å². The van der Waals surface area contributed by atoms with Crippen LogP contribution < -0.4 is 15.4 Å². The Hall–Kier alpha value is -2.69. The molecule has 0 spiro atoms. The number of anilines is 1. The summed E-state index contributed by atoms with van der Waals surface area (Å²) in [4.78, 5) is 23.9. The van der Waals surface area contributed by atoms with Crippen LogP contribution in [0.15, 0.2) is 52.9 Å². The zero-order valence-electron chi connectivity index (χ0n) is 15.4. The second-order valence-electron chi connectivity index (χ2n) is 5.86. The van der Waals surface area contributed by atoms with E-state index in [1.54, 1.807) is 36.4 Å². The fourth-order valence-electron chi connectivity index (χ4n) is 2.13. The van der Waals surface area contributed by atoms with Crippen LogP contribution in [0, 0.1) is 5.82 Å². The van der Waals surface area contributed by atoms with E-state index < -0.39 is 0 Å². The van der Waals surface area contributed by atoms with Crippen molar-refractivity contribution < 1.29 is 18.7 Å². The van der Waals surface area contributed by atoms with Gasteiger partial charge in [0.15, 0.2) is 10.9 Å². The van der Waals surface area contributed by atoms with Gasteiger partial charge in [-0.3, -0.25) is 14.9 Å². The summed E-state index contributed by atoms with van der Waals surface area (Å²) in [6.07, 6.45) is 0. The first kappa shape index (κ1) is 22.0. The highest BCUT2D eigenvalue weighted by Gasteiger charge is 2.11. The van der Waals surface area contributed by atoms with Gasteiger partial charge in [-0.2, -0.15) is 0 Å². The summed E-state index contributed by atoms with van der Waals surface area (Å²) >= 11 is 8.15. The summed E-state index contributed by atoms with van der Waals surface area (Å²) in [6.45, 7) is 0.125. The number of halogens is 2. The molecular weight excluding hydrogens is 451 g/mol. The van der Waals surface area contributed by atoms with Crippen molar-refractivity contribution >= 4 is 51.6 Å². The molecule has 0 aliphatic heterocycles. The van der Waals surface area contributed by atoms with Gasteiger partial charge in [-0.1, -0.05) is 46.8 Å². The molecule has 0 saturated heterocycles. The number of nitrogens with one attached hydrogen (secondary N) is 2. The van der Waals surface area contributed by atoms with Crippen LogP contribution in [-0.4, -0.2) is 34.4 Å². The summed E-state index contributed by atoms with van der Waals surface area (Å²) < 4.78 is 18.8. The summed E-state index contributed by atoms with van der Waals surface area (Å²) in [6, 6.07) is 12.6. The first-order valence-corrected chi connectivity index (χ1v) is 10.8. The lowest BCUT2D eigenvalue weighted by Gasteiger charge is -2.05. The molecule has 0 unspecified atom stereocenters. The van der Waals surface area contributed by atoms with Crippen molar-refractivity contribution in [2.24, 2.45) is 0 Å². The predicted molar refractivity (Wildman–Crippen MR) is 114 cm³/mol. The van der Waals surface area contributed by atoms with Gasteiger partial charge in [-0.05, 0) is 42.0 Å². The van der Waals surface area contributed by atoms with Gasteiger partial charge in [-0.25, -0.2) is 4.39 Å². The number of benzene rings is 2. The van der Waals surface area contributed by atoms with E-state index in [0.717, 1.165) is 16.9 Å². The molecule has 1 aromatic heterocycles. The second-order valence-corrected chi connectivity index (χ2v) is 8.49. The average molecular weight is 467 g/mol. The monoisotopic (exact) mass is 466 g/mol. The minimum Gasteiger partial charge on any atom is -0.484 e. The van der Waals surface area contributed by atoms with E-state index >= 15 is 0 Å². The van der Waals surface area contributed by atoms with Crippen molar-refractivity contribution in [1.29, 1.82) is 0 Å². The molecule has 7 nitrogen and oxygen atoms in total. The second kappa shape index (κ2) is 10.9. The molecule has 30 heavy (non-hydrogen) atoms. The van der Waals surface area contributed by atoms with Crippen molar-refractivity contribution in [3.8, 4) is 5.75 Å². The lowest BCUT2D eigenvalue weighted by molar-refractivity contribution is -0.119. The normalized spacial score (nSPS) is 10.5. The summed E-state index contributed by atoms with van der Waals surface area (Å²) in [5.74, 6) is -0.231. The van der Waals surface area contributed by atoms with E-state index in [2.05, 4.69) is 20.8 Å². The van der Waals surface area contributed by atoms with Crippen LogP contribution in [0.5, 0.6) is 5.75 Å². The topological polar surface area (TPSA) is 93.2 Å². The molecule has 11 heteroatoms. The Morgan fingerprint density at radius 1 is 1.07 bits per heavy atom. The SMILES string of the molecule is O=C(CSc1nnc(NC(=O)COc2ccc(Cl)cc2)s1)NCc1ccc(F)cc1. The minimum atomic E-state index is -0.380. The van der Waals surface area contributed by atoms with E-state index in [9.17, 15) is 14.0 Å². The molecule has 0 aliphatic rings. The van der Waals surface area contributed by atoms with Gasteiger partial charge in [-0.15, -0.1) is 10.2 Å². The van der Waals surface area contributed by atoms with E-state index in [4.69, 9.17) is 16.3 Å². The van der Waals surface area contributed by atoms with E-state index in [1.165, 1.54) is 23.9 Å². The maximum atomic E-state index is 12.9. The molecule has 1 heterocycles. The van der Waals surface area contributed by atoms with Crippen LogP contribution in [0.4, 0.5) is 9.52 Å². The molecule has 2 aromatic carbocycles. The van der Waals surface area contributed by atoms with E-state index in [-0.39, 0.29) is 30.0 Å². The highest BCUT2D eigenvalue weighted by Crippen LogP contribution is 2.25. The van der Waals surface area contributed by atoms with Gasteiger partial charge in [0.25, 0.3) is 5.91 Å². The Balaban J connectivity index is 1.37. The molecule has 3 aromatic rings. The Bertz CT molecular complexity index is 1000. The third kappa shape index (κ3) is 7.29. The smallest absolute Gasteiger partial charge is 0.264 e. The number of aromatic nitrogens is 2. The Kier molecular flexibility index (Phi) is 8.00. The Labute approximate surface area is 185 Å². The van der Waals surface area contributed by atoms with Gasteiger partial charge in [0.05, 0.1) is 5.75 Å². The number of carbonyl (C=O) groups excluding carboxylic acids is 2. The number of hydrogen-bond acceptors (Lipinski definition) is 7. The maximum absolute atomic E-state index is 12.9. The Morgan fingerprint density at radius 3 is 2.53 bits per heavy atom. The van der Waals surface area contributed by atoms with Crippen LogP contribution in [0.2, 0.25) is 5.02 Å². The zero-order chi connectivity index (χ0) is 21.3. The molecule has 0 atom stereocenters. The predicted octanol–water partition coefficient (Wildman–Crippen LogP) is 3.76. The van der Waals surface area contributed by atoms with Gasteiger partial charge < -0.3 is 10.1 Å². The third-order valence-corrected chi connectivity index (χ3v) is 5.79. The van der Waals surface area contributed by atoms with Crippen LogP contribution >= 0.6 is 34.7 Å². The van der Waals surface area contributed by atoms with E-state index in [1.807, 2.05) is 0 Å². The van der Waals surface area contributed by atoms with Crippen LogP contribution in [0.25, 0.3) is 0 Å². The van der Waals surface area contributed by atoms with Crippen molar-refractivity contribution in [3.63, 3.8) is 0 Å². The summed E-state index contributed by atoms with van der Waals surface area (Å²) in [7, 11) is 0. The minimum absolute atomic E-state index is 0.142. The third-order valence-electron chi connectivity index (χ3n) is 3.57. The quantitative estimate of drug-likeness (QED) is 0.368. The molecule has 3 rings (SSSR count). The van der Waals surface area contributed by atoms with Crippen LogP contribution in [0.1, 0.15) is 5.56 Å². The number of ether oxygens (including phenoxy) is 1. The van der Waals surface area contributed by atoms with E-state index in [0.29, 0.717) is 26.8 Å². The fraction of sp³-hybridized carbons (Fsp3) is 0.158. The zero-order valence-corrected chi connectivity index (χ0v) is 17.8. The molecule has 0 fully saturated rings. The molecule has 156 valence electrons. The summed E-state index contributed by atoms with van der Waals surface area (Å²) in [5.41, 5.74) is 0.802. The maximum Gasteiger partial charge on any atom is 0.264 e. The fourth-order valence-corrected chi connectivity index (χ4v) is 3.86. The molecule has 2 N–H and O–H groups in total. The van der Waals surface area contributed by atoms with Crippen molar-refractivity contribution in [2.75, 3.05) is 17.7 Å². The lowest BCUT2D eigenvalue weighted by Crippen LogP contribution is -2.24. The molecule has 0 aliphatic carbocycles. The molecule has 0 bridgehead atoms. The first-order chi connectivity index (χ1) is 14.5. The number of rotatable bonds is 9. The van der Waals surface area contributed by atoms with Gasteiger partial charge in [0.2, 0.25) is 11.0 Å². The molecule has 0 saturated carbocycles. The van der Waals surface area contributed by atoms with Gasteiger partial charge in [0, 0.05) is 11.6 Å². The standard InChI is InChI=1S/C19H16ClFN4O3S2/c20-13-3-7-15(8-4-13)28-10-16(26)23-18-24-25-19(30-18)29-11-17(27)22-9-12-1-5-14(21)6-2-12/h1-8H,9-11H2,(H,22,27)(H,23,24,26). The number of amides is 2. The molecule has 0 radical (unpaired) electrons. The first-order valence-electron chi connectivity index (χ1n) is 8.63. The number of carbonyl (C=O) groups is 2. The molecular formula is C19H16ClFN4O3S2. The lowest BCUT2D eigenvalue weighted by atomic mass is 10.2. The highest BCUT2D eigenvalue weighted by molar-refractivity contribution is 8.01. The van der Waals surface area contributed by atoms with Crippen molar-refractivity contribution in [2.45, 2.75) is 10.9 Å². The molecule has 2 amide bonds. The van der Waals surface area contributed by atoms with Crippen molar-refractivity contribution in [1.82, 2.24) is 15.5 Å². The average Bonchev–Trinajstić information content (AvgIpc) is 3.18. The van der Waals surface area contributed by atoms with Gasteiger partial charge >= 0.3 is 0 Å². The Morgan fingerprint density at radius 2 is 1.80 bits per heavy atom. The number of hydrogen-bond donors (Lipinski definition) is 2. The highest BCUT2D eigenvalue weighted by atomic mass is 35.5.